The first kappa shape index (κ1) is 9.59. The molecule has 0 aliphatic carbocycles. The molecule has 0 radical (unpaired) electrons. The van der Waals surface area contributed by atoms with Crippen LogP contribution in [0.1, 0.15) is 33.1 Å². The van der Waals surface area contributed by atoms with E-state index in [1.54, 1.807) is 6.26 Å². The molecule has 1 heterocycles. The largest absolute Gasteiger partial charge is 0.499 e. The minimum Gasteiger partial charge on any atom is -0.499 e. The second-order valence-corrected chi connectivity index (χ2v) is 3.52. The quantitative estimate of drug-likeness (QED) is 0.606. The first-order valence-electron chi connectivity index (χ1n) is 4.65. The monoisotopic (exact) mass is 170 g/mol. The van der Waals surface area contributed by atoms with Gasteiger partial charge in [0.1, 0.15) is 6.61 Å². The Morgan fingerprint density at radius 3 is 2.92 bits per heavy atom. The lowest BCUT2D eigenvalue weighted by atomic mass is 10.1. The van der Waals surface area contributed by atoms with Gasteiger partial charge in [-0.1, -0.05) is 0 Å². The van der Waals surface area contributed by atoms with Gasteiger partial charge in [0.05, 0.1) is 12.4 Å². The second-order valence-electron chi connectivity index (χ2n) is 3.52. The highest BCUT2D eigenvalue weighted by molar-refractivity contribution is 4.86. The fraction of sp³-hybridized carbons (Fsp3) is 0.800. The van der Waals surface area contributed by atoms with Gasteiger partial charge in [-0.25, -0.2) is 0 Å². The van der Waals surface area contributed by atoms with E-state index in [4.69, 9.17) is 9.47 Å². The Hall–Kier alpha value is -0.500. The van der Waals surface area contributed by atoms with Gasteiger partial charge in [-0.3, -0.25) is 0 Å². The molecule has 1 rings (SSSR count). The highest BCUT2D eigenvalue weighted by Crippen LogP contribution is 2.12. The summed E-state index contributed by atoms with van der Waals surface area (Å²) in [6.45, 7) is 5.68. The molecule has 70 valence electrons. The highest BCUT2D eigenvalue weighted by Gasteiger charge is 2.13. The van der Waals surface area contributed by atoms with E-state index < -0.39 is 0 Å². The zero-order valence-corrected chi connectivity index (χ0v) is 8.01. The van der Waals surface area contributed by atoms with E-state index in [-0.39, 0.29) is 0 Å². The van der Waals surface area contributed by atoms with Crippen LogP contribution >= 0.6 is 0 Å². The van der Waals surface area contributed by atoms with Crippen molar-refractivity contribution >= 4 is 0 Å². The van der Waals surface area contributed by atoms with Gasteiger partial charge < -0.3 is 9.47 Å². The van der Waals surface area contributed by atoms with Gasteiger partial charge >= 0.3 is 0 Å². The van der Waals surface area contributed by atoms with Crippen LogP contribution in [0.5, 0.6) is 0 Å². The van der Waals surface area contributed by atoms with Crippen LogP contribution in [0.2, 0.25) is 0 Å². The summed E-state index contributed by atoms with van der Waals surface area (Å²) >= 11 is 0. The standard InChI is InChI=1S/C10H18O2/c1-9(2)7-11-8-10-5-3-4-6-12-10/h7,10H,3-6,8H2,1-2H3. The molecule has 1 saturated heterocycles. The Bertz CT molecular complexity index is 142. The molecule has 1 aliphatic rings. The SMILES string of the molecule is CC(C)=COCC1CCCCO1. The molecule has 0 aromatic rings. The molecule has 12 heavy (non-hydrogen) atoms. The molecule has 0 saturated carbocycles. The molecular weight excluding hydrogens is 152 g/mol. The van der Waals surface area contributed by atoms with E-state index in [1.165, 1.54) is 18.4 Å². The average Bonchev–Trinajstić information content (AvgIpc) is 2.05. The van der Waals surface area contributed by atoms with E-state index in [9.17, 15) is 0 Å². The Balaban J connectivity index is 2.09. The lowest BCUT2D eigenvalue weighted by molar-refractivity contribution is -0.0211. The molecule has 1 fully saturated rings. The molecule has 0 N–H and O–H groups in total. The van der Waals surface area contributed by atoms with E-state index in [1.807, 2.05) is 13.8 Å². The van der Waals surface area contributed by atoms with Crippen molar-refractivity contribution in [3.63, 3.8) is 0 Å². The van der Waals surface area contributed by atoms with Gasteiger partial charge in [-0.05, 0) is 38.7 Å². The third-order valence-corrected chi connectivity index (χ3v) is 1.88. The first-order chi connectivity index (χ1) is 5.79. The summed E-state index contributed by atoms with van der Waals surface area (Å²) < 4.78 is 10.9. The maximum absolute atomic E-state index is 5.51. The van der Waals surface area contributed by atoms with Crippen molar-refractivity contribution in [3.8, 4) is 0 Å². The third kappa shape index (κ3) is 3.77. The van der Waals surface area contributed by atoms with Crippen molar-refractivity contribution in [2.75, 3.05) is 13.2 Å². The topological polar surface area (TPSA) is 18.5 Å². The smallest absolute Gasteiger partial charge is 0.113 e. The van der Waals surface area contributed by atoms with Crippen LogP contribution < -0.4 is 0 Å². The Morgan fingerprint density at radius 2 is 2.33 bits per heavy atom. The summed E-state index contributed by atoms with van der Waals surface area (Å²) in [4.78, 5) is 0. The van der Waals surface area contributed by atoms with Gasteiger partial charge in [0, 0.05) is 6.61 Å². The van der Waals surface area contributed by atoms with Crippen molar-refractivity contribution < 1.29 is 9.47 Å². The van der Waals surface area contributed by atoms with Gasteiger partial charge in [-0.2, -0.15) is 0 Å². The first-order valence-corrected chi connectivity index (χ1v) is 4.65. The minimum atomic E-state index is 0.328. The van der Waals surface area contributed by atoms with Gasteiger partial charge in [-0.15, -0.1) is 0 Å². The molecule has 0 amide bonds. The lowest BCUT2D eigenvalue weighted by Crippen LogP contribution is -2.23. The van der Waals surface area contributed by atoms with E-state index >= 15 is 0 Å². The van der Waals surface area contributed by atoms with Crippen molar-refractivity contribution in [3.05, 3.63) is 11.8 Å². The summed E-state index contributed by atoms with van der Waals surface area (Å²) in [6.07, 6.45) is 5.77. The van der Waals surface area contributed by atoms with E-state index in [2.05, 4.69) is 0 Å². The third-order valence-electron chi connectivity index (χ3n) is 1.88. The fourth-order valence-electron chi connectivity index (χ4n) is 1.26. The summed E-state index contributed by atoms with van der Waals surface area (Å²) in [7, 11) is 0. The Labute approximate surface area is 74.6 Å². The van der Waals surface area contributed by atoms with E-state index in [0.29, 0.717) is 12.7 Å². The number of ether oxygens (including phenoxy) is 2. The van der Waals surface area contributed by atoms with Crippen molar-refractivity contribution in [1.82, 2.24) is 0 Å². The van der Waals surface area contributed by atoms with Gasteiger partial charge in [0.2, 0.25) is 0 Å². The van der Waals surface area contributed by atoms with Crippen LogP contribution in [0.4, 0.5) is 0 Å². The Kier molecular flexibility index (Phi) is 4.15. The predicted molar refractivity (Wildman–Crippen MR) is 49.0 cm³/mol. The molecule has 2 heteroatoms. The summed E-state index contributed by atoms with van der Waals surface area (Å²) in [5.74, 6) is 0. The number of allylic oxidation sites excluding steroid dienone is 1. The molecule has 0 bridgehead atoms. The zero-order chi connectivity index (χ0) is 8.81. The summed E-state index contributed by atoms with van der Waals surface area (Å²) in [6, 6.07) is 0. The van der Waals surface area contributed by atoms with Crippen LogP contribution in [0, 0.1) is 0 Å². The van der Waals surface area contributed by atoms with Crippen molar-refractivity contribution in [1.29, 1.82) is 0 Å². The maximum atomic E-state index is 5.51. The predicted octanol–water partition coefficient (Wildman–Crippen LogP) is 2.50. The molecule has 1 atom stereocenters. The fourth-order valence-corrected chi connectivity index (χ4v) is 1.26. The Morgan fingerprint density at radius 1 is 1.50 bits per heavy atom. The van der Waals surface area contributed by atoms with Crippen molar-refractivity contribution in [2.45, 2.75) is 39.2 Å². The molecule has 2 nitrogen and oxygen atoms in total. The second kappa shape index (κ2) is 5.20. The normalized spacial score (nSPS) is 23.3. The average molecular weight is 170 g/mol. The maximum Gasteiger partial charge on any atom is 0.113 e. The lowest BCUT2D eigenvalue weighted by Gasteiger charge is -2.21. The number of hydrogen-bond donors (Lipinski definition) is 0. The van der Waals surface area contributed by atoms with E-state index in [0.717, 1.165) is 13.0 Å². The van der Waals surface area contributed by atoms with Gasteiger partial charge in [0.15, 0.2) is 0 Å². The number of hydrogen-bond acceptors (Lipinski definition) is 2. The van der Waals surface area contributed by atoms with Crippen LogP contribution in [-0.2, 0) is 9.47 Å². The van der Waals surface area contributed by atoms with Crippen LogP contribution in [-0.4, -0.2) is 19.3 Å². The minimum absolute atomic E-state index is 0.328. The molecular formula is C10H18O2. The molecule has 1 unspecified atom stereocenters. The highest BCUT2D eigenvalue weighted by atomic mass is 16.5. The molecule has 0 spiro atoms. The van der Waals surface area contributed by atoms with Crippen molar-refractivity contribution in [2.24, 2.45) is 0 Å². The summed E-state index contributed by atoms with van der Waals surface area (Å²) in [5.41, 5.74) is 1.20. The van der Waals surface area contributed by atoms with Crippen LogP contribution in [0.25, 0.3) is 0 Å². The molecule has 0 aromatic heterocycles. The van der Waals surface area contributed by atoms with Crippen LogP contribution in [0.3, 0.4) is 0 Å². The molecule has 1 aliphatic heterocycles. The summed E-state index contributed by atoms with van der Waals surface area (Å²) in [5, 5.41) is 0. The van der Waals surface area contributed by atoms with Crippen LogP contribution in [0.15, 0.2) is 11.8 Å². The molecule has 0 aromatic carbocycles. The number of rotatable bonds is 3. The van der Waals surface area contributed by atoms with Gasteiger partial charge in [0.25, 0.3) is 0 Å². The zero-order valence-electron chi connectivity index (χ0n) is 8.01.